The molecule has 5 heteroatoms. The Kier molecular flexibility index (Phi) is 7.26. The van der Waals surface area contributed by atoms with Crippen molar-refractivity contribution in [2.24, 2.45) is 5.92 Å². The standard InChI is InChI=1S/C19H36N4O/c1-6-23-17(5)19(16(4)20-23)14-21-10-11-22(9-7-15(2)3)18(13-21)8-12-24/h15,18,24H,6-14H2,1-5H3/t18-/m0/s1. The first-order valence-corrected chi connectivity index (χ1v) is 9.56. The smallest absolute Gasteiger partial charge is 0.0641 e. The van der Waals surface area contributed by atoms with Gasteiger partial charge in [0.1, 0.15) is 0 Å². The number of hydrogen-bond acceptors (Lipinski definition) is 4. The SMILES string of the molecule is CCn1nc(C)c(CN2CCN(CCC(C)C)[C@@H](CCO)C2)c1C. The van der Waals surface area contributed by atoms with Crippen LogP contribution in [0.25, 0.3) is 0 Å². The number of aryl methyl sites for hydroxylation is 2. The molecule has 138 valence electrons. The zero-order valence-corrected chi connectivity index (χ0v) is 16.3. The molecule has 1 fully saturated rings. The van der Waals surface area contributed by atoms with E-state index in [1.165, 1.54) is 17.7 Å². The summed E-state index contributed by atoms with van der Waals surface area (Å²) in [5, 5.41) is 14.1. The maximum Gasteiger partial charge on any atom is 0.0641 e. The lowest BCUT2D eigenvalue weighted by Crippen LogP contribution is -2.53. The molecule has 0 amide bonds. The highest BCUT2D eigenvalue weighted by molar-refractivity contribution is 5.24. The monoisotopic (exact) mass is 336 g/mol. The largest absolute Gasteiger partial charge is 0.396 e. The minimum atomic E-state index is 0.280. The van der Waals surface area contributed by atoms with Crippen molar-refractivity contribution in [2.75, 3.05) is 32.8 Å². The van der Waals surface area contributed by atoms with Crippen molar-refractivity contribution in [1.82, 2.24) is 19.6 Å². The van der Waals surface area contributed by atoms with Crippen molar-refractivity contribution >= 4 is 0 Å². The van der Waals surface area contributed by atoms with Crippen molar-refractivity contribution < 1.29 is 5.11 Å². The molecular formula is C19H36N4O. The lowest BCUT2D eigenvalue weighted by atomic mass is 10.0. The van der Waals surface area contributed by atoms with Crippen LogP contribution in [-0.4, -0.2) is 63.5 Å². The third kappa shape index (κ3) is 4.80. The van der Waals surface area contributed by atoms with Crippen molar-refractivity contribution in [1.29, 1.82) is 0 Å². The van der Waals surface area contributed by atoms with E-state index in [-0.39, 0.29) is 6.61 Å². The first-order chi connectivity index (χ1) is 11.5. The Bertz CT molecular complexity index is 512. The van der Waals surface area contributed by atoms with Crippen LogP contribution < -0.4 is 0 Å². The Hall–Kier alpha value is -0.910. The molecule has 0 aliphatic carbocycles. The summed E-state index contributed by atoms with van der Waals surface area (Å²) in [6.45, 7) is 17.6. The van der Waals surface area contributed by atoms with Crippen LogP contribution in [0.5, 0.6) is 0 Å². The molecule has 0 spiro atoms. The molecule has 2 rings (SSSR count). The molecule has 1 saturated heterocycles. The van der Waals surface area contributed by atoms with Gasteiger partial charge >= 0.3 is 0 Å². The Balaban J connectivity index is 2.00. The third-order valence-corrected chi connectivity index (χ3v) is 5.36. The fourth-order valence-electron chi connectivity index (χ4n) is 3.74. The Labute approximate surface area is 147 Å². The topological polar surface area (TPSA) is 44.5 Å². The molecule has 0 unspecified atom stereocenters. The van der Waals surface area contributed by atoms with Crippen LogP contribution in [0, 0.1) is 19.8 Å². The fraction of sp³-hybridized carbons (Fsp3) is 0.842. The minimum absolute atomic E-state index is 0.280. The van der Waals surface area contributed by atoms with Crippen LogP contribution in [-0.2, 0) is 13.1 Å². The minimum Gasteiger partial charge on any atom is -0.396 e. The number of aliphatic hydroxyl groups excluding tert-OH is 1. The van der Waals surface area contributed by atoms with E-state index in [4.69, 9.17) is 0 Å². The number of aliphatic hydroxyl groups is 1. The van der Waals surface area contributed by atoms with Gasteiger partial charge < -0.3 is 5.11 Å². The highest BCUT2D eigenvalue weighted by Crippen LogP contribution is 2.20. The van der Waals surface area contributed by atoms with Crippen LogP contribution in [0.3, 0.4) is 0 Å². The van der Waals surface area contributed by atoms with Crippen LogP contribution in [0.2, 0.25) is 0 Å². The first-order valence-electron chi connectivity index (χ1n) is 9.56. The average molecular weight is 337 g/mol. The normalized spacial score (nSPS) is 20.2. The molecular weight excluding hydrogens is 300 g/mol. The zero-order valence-electron chi connectivity index (χ0n) is 16.3. The van der Waals surface area contributed by atoms with Gasteiger partial charge in [0.05, 0.1) is 5.69 Å². The lowest BCUT2D eigenvalue weighted by Gasteiger charge is -2.41. The van der Waals surface area contributed by atoms with Gasteiger partial charge in [-0.25, -0.2) is 0 Å². The van der Waals surface area contributed by atoms with E-state index in [9.17, 15) is 5.11 Å². The van der Waals surface area contributed by atoms with Gasteiger partial charge in [-0.15, -0.1) is 0 Å². The number of rotatable bonds is 8. The van der Waals surface area contributed by atoms with Crippen LogP contribution in [0.15, 0.2) is 0 Å². The van der Waals surface area contributed by atoms with E-state index >= 15 is 0 Å². The van der Waals surface area contributed by atoms with Crippen LogP contribution in [0.1, 0.15) is 50.6 Å². The van der Waals surface area contributed by atoms with E-state index in [2.05, 4.69) is 54.2 Å². The molecule has 1 aromatic heterocycles. The van der Waals surface area contributed by atoms with E-state index in [0.29, 0.717) is 6.04 Å². The Morgan fingerprint density at radius 3 is 2.58 bits per heavy atom. The van der Waals surface area contributed by atoms with E-state index in [1.807, 2.05) is 0 Å². The summed E-state index contributed by atoms with van der Waals surface area (Å²) in [6.07, 6.45) is 2.12. The molecule has 0 radical (unpaired) electrons. The predicted octanol–water partition coefficient (Wildman–Crippen LogP) is 2.43. The Morgan fingerprint density at radius 2 is 2.00 bits per heavy atom. The van der Waals surface area contributed by atoms with Gasteiger partial charge in [0.15, 0.2) is 0 Å². The molecule has 1 N–H and O–H groups in total. The van der Waals surface area contributed by atoms with E-state index < -0.39 is 0 Å². The molecule has 24 heavy (non-hydrogen) atoms. The van der Waals surface area contributed by atoms with Crippen LogP contribution >= 0.6 is 0 Å². The summed E-state index contributed by atoms with van der Waals surface area (Å²) in [7, 11) is 0. The summed E-state index contributed by atoms with van der Waals surface area (Å²) in [4.78, 5) is 5.13. The Morgan fingerprint density at radius 1 is 1.25 bits per heavy atom. The summed E-state index contributed by atoms with van der Waals surface area (Å²) in [5.41, 5.74) is 3.85. The molecule has 0 aromatic carbocycles. The summed E-state index contributed by atoms with van der Waals surface area (Å²) >= 11 is 0. The second-order valence-electron chi connectivity index (χ2n) is 7.58. The molecule has 0 bridgehead atoms. The maximum absolute atomic E-state index is 9.45. The van der Waals surface area contributed by atoms with Gasteiger partial charge in [-0.05, 0) is 46.1 Å². The third-order valence-electron chi connectivity index (χ3n) is 5.36. The van der Waals surface area contributed by atoms with Crippen molar-refractivity contribution in [3.05, 3.63) is 17.0 Å². The van der Waals surface area contributed by atoms with E-state index in [1.54, 1.807) is 0 Å². The zero-order chi connectivity index (χ0) is 17.7. The quantitative estimate of drug-likeness (QED) is 0.792. The molecule has 1 aromatic rings. The number of hydrogen-bond donors (Lipinski definition) is 1. The molecule has 0 saturated carbocycles. The first kappa shape index (κ1) is 19.4. The highest BCUT2D eigenvalue weighted by atomic mass is 16.3. The predicted molar refractivity (Wildman–Crippen MR) is 99.2 cm³/mol. The van der Waals surface area contributed by atoms with Crippen molar-refractivity contribution in [3.63, 3.8) is 0 Å². The van der Waals surface area contributed by atoms with Crippen molar-refractivity contribution in [3.8, 4) is 0 Å². The molecule has 1 atom stereocenters. The molecule has 2 heterocycles. The molecule has 1 aliphatic heterocycles. The number of piperazine rings is 1. The van der Waals surface area contributed by atoms with Gasteiger partial charge in [0.2, 0.25) is 0 Å². The van der Waals surface area contributed by atoms with Gasteiger partial charge in [-0.3, -0.25) is 14.5 Å². The summed E-state index contributed by atoms with van der Waals surface area (Å²) in [6, 6.07) is 0.476. The van der Waals surface area contributed by atoms with E-state index in [0.717, 1.165) is 57.3 Å². The lowest BCUT2D eigenvalue weighted by molar-refractivity contribution is 0.0522. The summed E-state index contributed by atoms with van der Waals surface area (Å²) < 4.78 is 2.11. The highest BCUT2D eigenvalue weighted by Gasteiger charge is 2.27. The fourth-order valence-corrected chi connectivity index (χ4v) is 3.74. The molecule has 5 nitrogen and oxygen atoms in total. The maximum atomic E-state index is 9.45. The summed E-state index contributed by atoms with van der Waals surface area (Å²) in [5.74, 6) is 0.739. The number of aromatic nitrogens is 2. The average Bonchev–Trinajstić information content (AvgIpc) is 2.81. The van der Waals surface area contributed by atoms with Gasteiger partial charge in [0.25, 0.3) is 0 Å². The second-order valence-corrected chi connectivity index (χ2v) is 7.58. The van der Waals surface area contributed by atoms with Crippen molar-refractivity contribution in [2.45, 2.75) is 66.6 Å². The number of nitrogens with zero attached hydrogens (tertiary/aromatic N) is 4. The van der Waals surface area contributed by atoms with Crippen LogP contribution in [0.4, 0.5) is 0 Å². The second kappa shape index (κ2) is 8.97. The molecule has 1 aliphatic rings. The van der Waals surface area contributed by atoms with Gasteiger partial charge in [-0.1, -0.05) is 13.8 Å². The van der Waals surface area contributed by atoms with Gasteiger partial charge in [-0.2, -0.15) is 5.10 Å². The van der Waals surface area contributed by atoms with Gasteiger partial charge in [0, 0.05) is 56.6 Å².